The first-order valence-electron chi connectivity index (χ1n) is 8.97. The Balaban J connectivity index is 1.45. The second-order valence-electron chi connectivity index (χ2n) is 6.53. The maximum absolute atomic E-state index is 13.0. The van der Waals surface area contributed by atoms with E-state index in [2.05, 4.69) is 10.2 Å². The van der Waals surface area contributed by atoms with Crippen molar-refractivity contribution in [1.29, 1.82) is 0 Å². The molecule has 0 spiro atoms. The first kappa shape index (κ1) is 18.6. The van der Waals surface area contributed by atoms with E-state index in [1.807, 2.05) is 31.2 Å². The molecular weight excluding hydrogens is 375 g/mol. The van der Waals surface area contributed by atoms with Gasteiger partial charge < -0.3 is 13.6 Å². The molecule has 4 aromatic rings. The van der Waals surface area contributed by atoms with Gasteiger partial charge in [0.2, 0.25) is 11.7 Å². The summed E-state index contributed by atoms with van der Waals surface area (Å²) in [5, 5.41) is 7.97. The number of nitrogens with zero attached hydrogens (tertiary/aromatic N) is 2. The van der Waals surface area contributed by atoms with Crippen molar-refractivity contribution < 1.29 is 22.8 Å². The van der Waals surface area contributed by atoms with Gasteiger partial charge in [0.05, 0.1) is 0 Å². The van der Waals surface area contributed by atoms with Crippen LogP contribution in [0.2, 0.25) is 0 Å². The first-order valence-corrected chi connectivity index (χ1v) is 8.97. The Kier molecular flexibility index (Phi) is 4.95. The van der Waals surface area contributed by atoms with Gasteiger partial charge in [-0.2, -0.15) is 0 Å². The molecule has 2 heterocycles. The summed E-state index contributed by atoms with van der Waals surface area (Å²) in [6.45, 7) is 3.62. The molecule has 29 heavy (non-hydrogen) atoms. The molecule has 0 radical (unpaired) electrons. The largest absolute Gasteiger partial charge is 0.449 e. The zero-order chi connectivity index (χ0) is 20.4. The lowest BCUT2D eigenvalue weighted by Crippen LogP contribution is -2.08. The van der Waals surface area contributed by atoms with Gasteiger partial charge in [-0.15, -0.1) is 10.2 Å². The summed E-state index contributed by atoms with van der Waals surface area (Å²) in [7, 11) is 0. The maximum Gasteiger partial charge on any atom is 0.375 e. The third-order valence-electron chi connectivity index (χ3n) is 4.31. The first-order chi connectivity index (χ1) is 14.0. The molecule has 0 aliphatic carbocycles. The van der Waals surface area contributed by atoms with Gasteiger partial charge in [-0.25, -0.2) is 9.18 Å². The summed E-state index contributed by atoms with van der Waals surface area (Å²) >= 11 is 0. The molecular formula is C22H17FN2O4. The maximum atomic E-state index is 13.0. The Morgan fingerprint density at radius 3 is 2.34 bits per heavy atom. The van der Waals surface area contributed by atoms with Crippen LogP contribution in [-0.2, 0) is 4.74 Å². The molecule has 0 aliphatic heterocycles. The van der Waals surface area contributed by atoms with Crippen molar-refractivity contribution in [1.82, 2.24) is 10.2 Å². The van der Waals surface area contributed by atoms with Crippen LogP contribution in [0.4, 0.5) is 4.39 Å². The number of esters is 1. The van der Waals surface area contributed by atoms with Crippen molar-refractivity contribution in [2.75, 3.05) is 0 Å². The predicted molar refractivity (Wildman–Crippen MR) is 102 cm³/mol. The van der Waals surface area contributed by atoms with Crippen LogP contribution in [0.15, 0.2) is 69.5 Å². The van der Waals surface area contributed by atoms with E-state index in [0.717, 1.165) is 11.1 Å². The third kappa shape index (κ3) is 4.08. The lowest BCUT2D eigenvalue weighted by atomic mass is 10.1. The van der Waals surface area contributed by atoms with E-state index >= 15 is 0 Å². The predicted octanol–water partition coefficient (Wildman–Crippen LogP) is 5.36. The lowest BCUT2D eigenvalue weighted by molar-refractivity contribution is 0.0245. The van der Waals surface area contributed by atoms with E-state index in [9.17, 15) is 9.18 Å². The Hall–Kier alpha value is -3.74. The topological polar surface area (TPSA) is 78.4 Å². The highest BCUT2D eigenvalue weighted by molar-refractivity contribution is 5.87. The van der Waals surface area contributed by atoms with Gasteiger partial charge in [-0.3, -0.25) is 0 Å². The van der Waals surface area contributed by atoms with Crippen LogP contribution >= 0.6 is 0 Å². The van der Waals surface area contributed by atoms with Gasteiger partial charge in [-0.05, 0) is 62.4 Å². The summed E-state index contributed by atoms with van der Waals surface area (Å²) in [6.07, 6.45) is -0.756. The molecule has 0 saturated heterocycles. The minimum atomic E-state index is -0.756. The highest BCUT2D eigenvalue weighted by Gasteiger charge is 2.22. The third-order valence-corrected chi connectivity index (χ3v) is 4.31. The molecule has 4 rings (SSSR count). The number of aromatic nitrogens is 2. The van der Waals surface area contributed by atoms with Gasteiger partial charge in [0.25, 0.3) is 5.89 Å². The van der Waals surface area contributed by atoms with Crippen LogP contribution in [0.1, 0.15) is 35.0 Å². The number of rotatable bonds is 5. The van der Waals surface area contributed by atoms with E-state index in [-0.39, 0.29) is 17.5 Å². The number of halogens is 1. The number of hydrogen-bond acceptors (Lipinski definition) is 6. The number of aryl methyl sites for hydroxylation is 1. The van der Waals surface area contributed by atoms with E-state index in [4.69, 9.17) is 13.6 Å². The van der Waals surface area contributed by atoms with E-state index < -0.39 is 12.1 Å². The second-order valence-corrected chi connectivity index (χ2v) is 6.53. The van der Waals surface area contributed by atoms with Crippen LogP contribution in [0.25, 0.3) is 22.8 Å². The molecule has 0 bridgehead atoms. The summed E-state index contributed by atoms with van der Waals surface area (Å²) in [5.74, 6) is -0.0310. The molecule has 2 aromatic carbocycles. The second kappa shape index (κ2) is 7.71. The molecule has 0 saturated carbocycles. The minimum absolute atomic E-state index is 0.0226. The van der Waals surface area contributed by atoms with Gasteiger partial charge in [0, 0.05) is 11.1 Å². The number of carbonyl (C=O) groups is 1. The molecule has 6 nitrogen and oxygen atoms in total. The summed E-state index contributed by atoms with van der Waals surface area (Å²) in [4.78, 5) is 12.4. The standard InChI is InChI=1S/C22H17FN2O4/c1-13-3-5-16(6-4-13)21-25-24-20(29-21)14(2)27-22(26)19-12-11-18(28-19)15-7-9-17(23)10-8-15/h3-12,14H,1-2H3/t14-/m1/s1. The van der Waals surface area contributed by atoms with Gasteiger partial charge >= 0.3 is 5.97 Å². The fourth-order valence-corrected chi connectivity index (χ4v) is 2.70. The van der Waals surface area contributed by atoms with E-state index in [0.29, 0.717) is 17.2 Å². The molecule has 2 aromatic heterocycles. The van der Waals surface area contributed by atoms with Crippen molar-refractivity contribution in [2.24, 2.45) is 0 Å². The quantitative estimate of drug-likeness (QED) is 0.425. The van der Waals surface area contributed by atoms with Gasteiger partial charge in [0.15, 0.2) is 6.10 Å². The number of furan rings is 1. The molecule has 1 atom stereocenters. The SMILES string of the molecule is Cc1ccc(-c2nnc([C@@H](C)OC(=O)c3ccc(-c4ccc(F)cc4)o3)o2)cc1. The number of carbonyl (C=O) groups excluding carboxylic acids is 1. The minimum Gasteiger partial charge on any atom is -0.449 e. The Morgan fingerprint density at radius 1 is 0.931 bits per heavy atom. The fourth-order valence-electron chi connectivity index (χ4n) is 2.70. The van der Waals surface area contributed by atoms with Crippen LogP contribution in [-0.4, -0.2) is 16.2 Å². The van der Waals surface area contributed by atoms with Crippen molar-refractivity contribution >= 4 is 5.97 Å². The lowest BCUT2D eigenvalue weighted by Gasteiger charge is -2.07. The molecule has 0 amide bonds. The number of hydrogen-bond donors (Lipinski definition) is 0. The monoisotopic (exact) mass is 392 g/mol. The van der Waals surface area contributed by atoms with Crippen molar-refractivity contribution in [2.45, 2.75) is 20.0 Å². The summed E-state index contributed by atoms with van der Waals surface area (Å²) in [5.41, 5.74) is 2.55. The molecule has 0 aliphatic rings. The fraction of sp³-hybridized carbons (Fsp3) is 0.136. The molecule has 0 unspecified atom stereocenters. The summed E-state index contributed by atoms with van der Waals surface area (Å²) in [6, 6.07) is 16.5. The van der Waals surface area contributed by atoms with Crippen molar-refractivity contribution in [3.63, 3.8) is 0 Å². The zero-order valence-corrected chi connectivity index (χ0v) is 15.8. The smallest absolute Gasteiger partial charge is 0.375 e. The number of benzene rings is 2. The Bertz CT molecular complexity index is 1130. The van der Waals surface area contributed by atoms with Crippen LogP contribution in [0.3, 0.4) is 0 Å². The summed E-state index contributed by atoms with van der Waals surface area (Å²) < 4.78 is 29.6. The zero-order valence-electron chi connectivity index (χ0n) is 15.8. The molecule has 0 N–H and O–H groups in total. The van der Waals surface area contributed by atoms with Gasteiger partial charge in [-0.1, -0.05) is 17.7 Å². The number of ether oxygens (including phenoxy) is 1. The highest BCUT2D eigenvalue weighted by atomic mass is 19.1. The average molecular weight is 392 g/mol. The molecule has 146 valence electrons. The van der Waals surface area contributed by atoms with E-state index in [1.54, 1.807) is 25.1 Å². The van der Waals surface area contributed by atoms with Crippen LogP contribution in [0, 0.1) is 12.7 Å². The van der Waals surface area contributed by atoms with Gasteiger partial charge in [0.1, 0.15) is 11.6 Å². The normalized spacial score (nSPS) is 12.0. The van der Waals surface area contributed by atoms with Crippen molar-refractivity contribution in [3.8, 4) is 22.8 Å². The highest BCUT2D eigenvalue weighted by Crippen LogP contribution is 2.26. The Morgan fingerprint density at radius 2 is 1.62 bits per heavy atom. The van der Waals surface area contributed by atoms with E-state index in [1.165, 1.54) is 18.2 Å². The average Bonchev–Trinajstić information content (AvgIpc) is 3.39. The Labute approximate surface area is 165 Å². The molecule has 7 heteroatoms. The van der Waals surface area contributed by atoms with Crippen molar-refractivity contribution in [3.05, 3.63) is 83.7 Å². The molecule has 0 fully saturated rings. The van der Waals surface area contributed by atoms with Crippen LogP contribution in [0.5, 0.6) is 0 Å². The van der Waals surface area contributed by atoms with Crippen LogP contribution < -0.4 is 0 Å².